The molecule has 1 amide bonds. The number of hydrogen-bond acceptors (Lipinski definition) is 2. The Morgan fingerprint density at radius 1 is 1.64 bits per heavy atom. The maximum absolute atomic E-state index is 11.2. The zero-order chi connectivity index (χ0) is 10.8. The van der Waals surface area contributed by atoms with Crippen molar-refractivity contribution in [3.8, 4) is 0 Å². The Morgan fingerprint density at radius 3 is 2.79 bits per heavy atom. The number of carbonyl (C=O) groups is 1. The van der Waals surface area contributed by atoms with E-state index in [0.717, 1.165) is 12.8 Å². The predicted molar refractivity (Wildman–Crippen MR) is 58.1 cm³/mol. The Labute approximate surface area is 86.6 Å². The van der Waals surface area contributed by atoms with Gasteiger partial charge in [0.05, 0.1) is 0 Å². The number of amides is 1. The second-order valence-electron chi connectivity index (χ2n) is 4.84. The first-order valence-corrected chi connectivity index (χ1v) is 5.52. The summed E-state index contributed by atoms with van der Waals surface area (Å²) >= 11 is 0. The Bertz CT molecular complexity index is 213. The van der Waals surface area contributed by atoms with Gasteiger partial charge in [-0.05, 0) is 33.6 Å². The van der Waals surface area contributed by atoms with Crippen LogP contribution >= 0.6 is 0 Å². The highest BCUT2D eigenvalue weighted by molar-refractivity contribution is 5.77. The average Bonchev–Trinajstić information content (AvgIpc) is 2.08. The molecule has 1 fully saturated rings. The van der Waals surface area contributed by atoms with E-state index in [2.05, 4.69) is 38.3 Å². The van der Waals surface area contributed by atoms with Gasteiger partial charge in [-0.3, -0.25) is 4.79 Å². The lowest BCUT2D eigenvalue weighted by Gasteiger charge is -2.41. The predicted octanol–water partition coefficient (Wildman–Crippen LogP) is 1.43. The molecule has 0 radical (unpaired) electrons. The summed E-state index contributed by atoms with van der Waals surface area (Å²) in [6, 6.07) is 0.921. The lowest BCUT2D eigenvalue weighted by molar-refractivity contribution is -0.125. The molecule has 0 aliphatic carbocycles. The van der Waals surface area contributed by atoms with Gasteiger partial charge in [0.2, 0.25) is 5.91 Å². The summed E-state index contributed by atoms with van der Waals surface area (Å²) in [7, 11) is 0. The van der Waals surface area contributed by atoms with Crippen LogP contribution in [0.1, 0.15) is 47.0 Å². The first-order valence-electron chi connectivity index (χ1n) is 5.52. The molecular formula is C11H22N2O. The zero-order valence-electron chi connectivity index (χ0n) is 9.68. The van der Waals surface area contributed by atoms with Gasteiger partial charge in [0.1, 0.15) is 0 Å². The minimum atomic E-state index is -0.112. The van der Waals surface area contributed by atoms with E-state index >= 15 is 0 Å². The van der Waals surface area contributed by atoms with Crippen LogP contribution in [-0.4, -0.2) is 23.5 Å². The number of nitrogens with one attached hydrogen (secondary N) is 2. The lowest BCUT2D eigenvalue weighted by Crippen LogP contribution is -2.62. The van der Waals surface area contributed by atoms with Crippen molar-refractivity contribution < 1.29 is 4.79 Å². The molecule has 1 aliphatic rings. The van der Waals surface area contributed by atoms with Gasteiger partial charge in [-0.15, -0.1) is 0 Å². The van der Waals surface area contributed by atoms with Gasteiger partial charge < -0.3 is 10.6 Å². The van der Waals surface area contributed by atoms with E-state index in [-0.39, 0.29) is 11.4 Å². The molecule has 0 aromatic carbocycles. The summed E-state index contributed by atoms with van der Waals surface area (Å²) in [5.74, 6) is 0.178. The Hall–Kier alpha value is -0.570. The first kappa shape index (κ1) is 11.5. The maximum atomic E-state index is 11.2. The van der Waals surface area contributed by atoms with Crippen LogP contribution in [0, 0.1) is 0 Å². The number of piperidine rings is 1. The van der Waals surface area contributed by atoms with Crippen LogP contribution in [0.4, 0.5) is 0 Å². The normalized spacial score (nSPS) is 28.3. The monoisotopic (exact) mass is 198 g/mol. The zero-order valence-corrected chi connectivity index (χ0v) is 9.68. The molecule has 3 heteroatoms. The standard InChI is InChI=1S/C11H22N2O/c1-5-8(2)12-9-6-7-10(14)13-11(9,3)4/h8-9,12H,5-7H2,1-4H3,(H,13,14). The van der Waals surface area contributed by atoms with Crippen LogP contribution in [0.2, 0.25) is 0 Å². The molecule has 0 bridgehead atoms. The molecular weight excluding hydrogens is 176 g/mol. The SMILES string of the molecule is CCC(C)NC1CCC(=O)NC1(C)C. The molecule has 1 heterocycles. The largest absolute Gasteiger partial charge is 0.350 e. The molecule has 0 spiro atoms. The molecule has 82 valence electrons. The highest BCUT2D eigenvalue weighted by Gasteiger charge is 2.35. The summed E-state index contributed by atoms with van der Waals surface area (Å²) in [4.78, 5) is 11.2. The van der Waals surface area contributed by atoms with Crippen molar-refractivity contribution in [2.75, 3.05) is 0 Å². The molecule has 2 atom stereocenters. The fourth-order valence-corrected chi connectivity index (χ4v) is 1.90. The molecule has 1 rings (SSSR count). The van der Waals surface area contributed by atoms with E-state index in [0.29, 0.717) is 18.5 Å². The minimum absolute atomic E-state index is 0.112. The molecule has 2 unspecified atom stereocenters. The van der Waals surface area contributed by atoms with E-state index in [1.165, 1.54) is 0 Å². The average molecular weight is 198 g/mol. The fourth-order valence-electron chi connectivity index (χ4n) is 1.90. The quantitative estimate of drug-likeness (QED) is 0.720. The van der Waals surface area contributed by atoms with Crippen LogP contribution < -0.4 is 10.6 Å². The van der Waals surface area contributed by atoms with Gasteiger partial charge in [0.25, 0.3) is 0 Å². The third kappa shape index (κ3) is 2.71. The van der Waals surface area contributed by atoms with Crippen molar-refractivity contribution in [3.05, 3.63) is 0 Å². The summed E-state index contributed by atoms with van der Waals surface area (Å²) in [6.45, 7) is 8.53. The summed E-state index contributed by atoms with van der Waals surface area (Å²) in [6.07, 6.45) is 2.72. The van der Waals surface area contributed by atoms with E-state index < -0.39 is 0 Å². The van der Waals surface area contributed by atoms with Crippen LogP contribution in [0.15, 0.2) is 0 Å². The highest BCUT2D eigenvalue weighted by atomic mass is 16.1. The number of hydrogen-bond donors (Lipinski definition) is 2. The summed E-state index contributed by atoms with van der Waals surface area (Å²) in [5, 5.41) is 6.60. The summed E-state index contributed by atoms with van der Waals surface area (Å²) < 4.78 is 0. The molecule has 2 N–H and O–H groups in total. The highest BCUT2D eigenvalue weighted by Crippen LogP contribution is 2.20. The topological polar surface area (TPSA) is 41.1 Å². The van der Waals surface area contributed by atoms with E-state index in [1.54, 1.807) is 0 Å². The molecule has 0 aromatic rings. The van der Waals surface area contributed by atoms with Crippen molar-refractivity contribution in [2.45, 2.75) is 64.6 Å². The molecule has 3 nitrogen and oxygen atoms in total. The molecule has 14 heavy (non-hydrogen) atoms. The Morgan fingerprint density at radius 2 is 2.29 bits per heavy atom. The minimum Gasteiger partial charge on any atom is -0.350 e. The van der Waals surface area contributed by atoms with Gasteiger partial charge in [0.15, 0.2) is 0 Å². The summed E-state index contributed by atoms with van der Waals surface area (Å²) in [5.41, 5.74) is -0.112. The van der Waals surface area contributed by atoms with Gasteiger partial charge in [-0.2, -0.15) is 0 Å². The molecule has 0 saturated carbocycles. The number of carbonyl (C=O) groups excluding carboxylic acids is 1. The van der Waals surface area contributed by atoms with Crippen LogP contribution in [0.5, 0.6) is 0 Å². The van der Waals surface area contributed by atoms with Crippen LogP contribution in [0.3, 0.4) is 0 Å². The van der Waals surface area contributed by atoms with Crippen molar-refractivity contribution in [1.82, 2.24) is 10.6 Å². The Balaban J connectivity index is 2.55. The second kappa shape index (κ2) is 4.30. The third-order valence-electron chi connectivity index (χ3n) is 3.09. The van der Waals surface area contributed by atoms with Crippen LogP contribution in [-0.2, 0) is 4.79 Å². The van der Waals surface area contributed by atoms with Crippen molar-refractivity contribution in [1.29, 1.82) is 0 Å². The van der Waals surface area contributed by atoms with Gasteiger partial charge in [-0.25, -0.2) is 0 Å². The number of rotatable bonds is 3. The van der Waals surface area contributed by atoms with Gasteiger partial charge in [0, 0.05) is 24.0 Å². The van der Waals surface area contributed by atoms with Crippen molar-refractivity contribution in [3.63, 3.8) is 0 Å². The molecule has 0 aromatic heterocycles. The molecule has 1 saturated heterocycles. The van der Waals surface area contributed by atoms with E-state index in [1.807, 2.05) is 0 Å². The fraction of sp³-hybridized carbons (Fsp3) is 0.909. The smallest absolute Gasteiger partial charge is 0.220 e. The van der Waals surface area contributed by atoms with Crippen molar-refractivity contribution in [2.24, 2.45) is 0 Å². The van der Waals surface area contributed by atoms with Crippen molar-refractivity contribution >= 4 is 5.91 Å². The van der Waals surface area contributed by atoms with Gasteiger partial charge in [-0.1, -0.05) is 6.92 Å². The second-order valence-corrected chi connectivity index (χ2v) is 4.84. The molecule has 1 aliphatic heterocycles. The van der Waals surface area contributed by atoms with E-state index in [9.17, 15) is 4.79 Å². The van der Waals surface area contributed by atoms with Gasteiger partial charge >= 0.3 is 0 Å². The maximum Gasteiger partial charge on any atom is 0.220 e. The lowest BCUT2D eigenvalue weighted by atomic mass is 9.86. The van der Waals surface area contributed by atoms with Crippen LogP contribution in [0.25, 0.3) is 0 Å². The Kier molecular flexibility index (Phi) is 3.53. The first-order chi connectivity index (χ1) is 6.45. The van der Waals surface area contributed by atoms with E-state index in [4.69, 9.17) is 0 Å². The third-order valence-corrected chi connectivity index (χ3v) is 3.09.